The van der Waals surface area contributed by atoms with Crippen molar-refractivity contribution in [1.82, 2.24) is 4.98 Å². The van der Waals surface area contributed by atoms with Gasteiger partial charge in [-0.2, -0.15) is 0 Å². The van der Waals surface area contributed by atoms with Crippen molar-refractivity contribution in [2.75, 3.05) is 5.32 Å². The van der Waals surface area contributed by atoms with Crippen molar-refractivity contribution in [3.63, 3.8) is 0 Å². The van der Waals surface area contributed by atoms with Gasteiger partial charge in [0.05, 0.1) is 5.69 Å². The summed E-state index contributed by atoms with van der Waals surface area (Å²) in [5.41, 5.74) is 5.07. The van der Waals surface area contributed by atoms with E-state index in [1.165, 1.54) is 27.3 Å². The summed E-state index contributed by atoms with van der Waals surface area (Å²) in [6, 6.07) is 16.0. The van der Waals surface area contributed by atoms with Crippen LogP contribution in [0.25, 0.3) is 11.3 Å². The Bertz CT molecular complexity index is 1070. The molecule has 0 aliphatic carbocycles. The lowest BCUT2D eigenvalue weighted by atomic mass is 9.86. The molecule has 1 heterocycles. The molecule has 3 rings (SSSR count). The van der Waals surface area contributed by atoms with Crippen LogP contribution in [0.5, 0.6) is 0 Å². The smallest absolute Gasteiger partial charge is 0.226 e. The van der Waals surface area contributed by atoms with E-state index in [9.17, 15) is 9.59 Å². The Labute approximate surface area is 195 Å². The number of hydrogen-bond acceptors (Lipinski definition) is 4. The molecule has 32 heavy (non-hydrogen) atoms. The third-order valence-corrected chi connectivity index (χ3v) is 6.43. The van der Waals surface area contributed by atoms with E-state index < -0.39 is 0 Å². The maximum Gasteiger partial charge on any atom is 0.226 e. The van der Waals surface area contributed by atoms with Crippen molar-refractivity contribution in [3.8, 4) is 11.3 Å². The highest BCUT2D eigenvalue weighted by molar-refractivity contribution is 7.16. The molecule has 0 unspecified atom stereocenters. The van der Waals surface area contributed by atoms with E-state index in [-0.39, 0.29) is 29.9 Å². The predicted molar refractivity (Wildman–Crippen MR) is 134 cm³/mol. The molecule has 2 aromatic carbocycles. The molecule has 0 atom stereocenters. The molecule has 1 amide bonds. The van der Waals surface area contributed by atoms with Crippen LogP contribution < -0.4 is 5.32 Å². The fraction of sp³-hybridized carbons (Fsp3) is 0.370. The molecule has 5 heteroatoms. The number of carbonyl (C=O) groups excluding carboxylic acids is 2. The molecule has 1 aromatic heterocycles. The Kier molecular flexibility index (Phi) is 7.62. The van der Waals surface area contributed by atoms with E-state index in [0.29, 0.717) is 10.7 Å². The SMILES string of the molecule is CCCc1sc(NC(=O)CCC(=O)c2ccc(C(C)(C)C)cc2)nc1-c1ccc(C)cc1. The van der Waals surface area contributed by atoms with Crippen molar-refractivity contribution in [2.24, 2.45) is 0 Å². The summed E-state index contributed by atoms with van der Waals surface area (Å²) in [5.74, 6) is -0.205. The minimum Gasteiger partial charge on any atom is -0.302 e. The van der Waals surface area contributed by atoms with Crippen LogP contribution in [0.4, 0.5) is 5.13 Å². The van der Waals surface area contributed by atoms with Crippen LogP contribution in [-0.2, 0) is 16.6 Å². The Morgan fingerprint density at radius 2 is 1.62 bits per heavy atom. The fourth-order valence-electron chi connectivity index (χ4n) is 3.45. The lowest BCUT2D eigenvalue weighted by molar-refractivity contribution is -0.116. The average molecular weight is 449 g/mol. The lowest BCUT2D eigenvalue weighted by Gasteiger charge is -2.18. The van der Waals surface area contributed by atoms with Gasteiger partial charge in [-0.15, -0.1) is 11.3 Å². The number of nitrogens with zero attached hydrogens (tertiary/aromatic N) is 1. The molecule has 0 fully saturated rings. The number of ketones is 1. The van der Waals surface area contributed by atoms with Gasteiger partial charge in [0, 0.05) is 28.8 Å². The second-order valence-electron chi connectivity index (χ2n) is 9.21. The lowest BCUT2D eigenvalue weighted by Crippen LogP contribution is -2.14. The largest absolute Gasteiger partial charge is 0.302 e. The molecule has 0 aliphatic rings. The first-order valence-corrected chi connectivity index (χ1v) is 12.0. The van der Waals surface area contributed by atoms with Gasteiger partial charge in [-0.3, -0.25) is 9.59 Å². The van der Waals surface area contributed by atoms with Crippen molar-refractivity contribution < 1.29 is 9.59 Å². The standard InChI is InChI=1S/C27H32N2O2S/c1-6-7-23-25(20-10-8-18(2)9-11-20)29-26(32-23)28-24(31)17-16-22(30)19-12-14-21(15-13-19)27(3,4)5/h8-15H,6-7,16-17H2,1-5H3,(H,28,29,31). The average Bonchev–Trinajstić information content (AvgIpc) is 3.14. The fourth-order valence-corrected chi connectivity index (χ4v) is 4.55. The zero-order valence-electron chi connectivity index (χ0n) is 19.6. The quantitative estimate of drug-likeness (QED) is 0.379. The van der Waals surface area contributed by atoms with E-state index in [1.807, 2.05) is 24.3 Å². The Morgan fingerprint density at radius 3 is 2.22 bits per heavy atom. The number of amides is 1. The molecule has 3 aromatic rings. The highest BCUT2D eigenvalue weighted by Gasteiger charge is 2.17. The summed E-state index contributed by atoms with van der Waals surface area (Å²) >= 11 is 1.52. The van der Waals surface area contributed by atoms with E-state index in [0.717, 1.165) is 24.1 Å². The Hall–Kier alpha value is -2.79. The Balaban J connectivity index is 1.62. The summed E-state index contributed by atoms with van der Waals surface area (Å²) in [6.07, 6.45) is 2.25. The number of rotatable bonds is 8. The second kappa shape index (κ2) is 10.2. The normalized spacial score (nSPS) is 11.4. The summed E-state index contributed by atoms with van der Waals surface area (Å²) in [6.45, 7) is 10.6. The minimum atomic E-state index is -0.183. The van der Waals surface area contributed by atoms with Crippen LogP contribution in [0, 0.1) is 6.92 Å². The van der Waals surface area contributed by atoms with Gasteiger partial charge in [0.2, 0.25) is 5.91 Å². The number of thiazole rings is 1. The Morgan fingerprint density at radius 1 is 0.969 bits per heavy atom. The monoisotopic (exact) mass is 448 g/mol. The van der Waals surface area contributed by atoms with Gasteiger partial charge in [-0.05, 0) is 24.3 Å². The van der Waals surface area contributed by atoms with Gasteiger partial charge in [-0.1, -0.05) is 88.2 Å². The molecule has 0 radical (unpaired) electrons. The number of nitrogens with one attached hydrogen (secondary N) is 1. The van der Waals surface area contributed by atoms with E-state index in [1.54, 1.807) is 0 Å². The van der Waals surface area contributed by atoms with Crippen LogP contribution in [0.3, 0.4) is 0 Å². The van der Waals surface area contributed by atoms with Gasteiger partial charge in [0.15, 0.2) is 10.9 Å². The molecule has 0 bridgehead atoms. The zero-order valence-corrected chi connectivity index (χ0v) is 20.4. The molecule has 0 saturated heterocycles. The molecule has 0 spiro atoms. The van der Waals surface area contributed by atoms with Gasteiger partial charge in [0.25, 0.3) is 0 Å². The van der Waals surface area contributed by atoms with Crippen LogP contribution in [0.1, 0.15) is 73.3 Å². The molecule has 0 saturated carbocycles. The molecule has 1 N–H and O–H groups in total. The number of anilines is 1. The predicted octanol–water partition coefficient (Wildman–Crippen LogP) is 6.97. The third kappa shape index (κ3) is 6.13. The first-order valence-electron chi connectivity index (χ1n) is 11.2. The summed E-state index contributed by atoms with van der Waals surface area (Å²) in [5, 5.41) is 3.49. The summed E-state index contributed by atoms with van der Waals surface area (Å²) in [4.78, 5) is 30.9. The second-order valence-corrected chi connectivity index (χ2v) is 10.3. The number of hydrogen-bond donors (Lipinski definition) is 1. The molecule has 0 aliphatic heterocycles. The molecule has 168 valence electrons. The maximum absolute atomic E-state index is 12.5. The van der Waals surface area contributed by atoms with Gasteiger partial charge in [-0.25, -0.2) is 4.98 Å². The molecule has 4 nitrogen and oxygen atoms in total. The van der Waals surface area contributed by atoms with Crippen molar-refractivity contribution >= 4 is 28.2 Å². The highest BCUT2D eigenvalue weighted by Crippen LogP contribution is 2.32. The van der Waals surface area contributed by atoms with Crippen LogP contribution in [-0.4, -0.2) is 16.7 Å². The first kappa shape index (κ1) is 23.9. The first-order chi connectivity index (χ1) is 15.2. The number of carbonyl (C=O) groups is 2. The van der Waals surface area contributed by atoms with Crippen molar-refractivity contribution in [2.45, 2.75) is 65.7 Å². The maximum atomic E-state index is 12.5. The minimum absolute atomic E-state index is 0.0215. The van der Waals surface area contributed by atoms with Crippen LogP contribution >= 0.6 is 11.3 Å². The number of aryl methyl sites for hydroxylation is 2. The van der Waals surface area contributed by atoms with Gasteiger partial charge in [0.1, 0.15) is 0 Å². The number of Topliss-reactive ketones (excluding diaryl/α,β-unsaturated/α-hetero) is 1. The third-order valence-electron chi connectivity index (χ3n) is 5.40. The zero-order chi connectivity index (χ0) is 23.3. The molecular weight excluding hydrogens is 416 g/mol. The van der Waals surface area contributed by atoms with Crippen LogP contribution in [0.15, 0.2) is 48.5 Å². The number of benzene rings is 2. The van der Waals surface area contributed by atoms with E-state index in [2.05, 4.69) is 69.2 Å². The van der Waals surface area contributed by atoms with Gasteiger partial charge < -0.3 is 5.32 Å². The van der Waals surface area contributed by atoms with Crippen LogP contribution in [0.2, 0.25) is 0 Å². The highest BCUT2D eigenvalue weighted by atomic mass is 32.1. The number of aromatic nitrogens is 1. The topological polar surface area (TPSA) is 59.1 Å². The molecular formula is C27H32N2O2S. The van der Waals surface area contributed by atoms with Crippen molar-refractivity contribution in [1.29, 1.82) is 0 Å². The summed E-state index contributed by atoms with van der Waals surface area (Å²) in [7, 11) is 0. The van der Waals surface area contributed by atoms with E-state index in [4.69, 9.17) is 0 Å². The summed E-state index contributed by atoms with van der Waals surface area (Å²) < 4.78 is 0. The van der Waals surface area contributed by atoms with E-state index >= 15 is 0 Å². The van der Waals surface area contributed by atoms with Gasteiger partial charge >= 0.3 is 0 Å². The van der Waals surface area contributed by atoms with Crippen molar-refractivity contribution in [3.05, 3.63) is 70.1 Å².